The van der Waals surface area contributed by atoms with Crippen molar-refractivity contribution in [2.45, 2.75) is 45.3 Å². The molecule has 8 heteroatoms. The van der Waals surface area contributed by atoms with Gasteiger partial charge in [-0.05, 0) is 39.3 Å². The van der Waals surface area contributed by atoms with E-state index in [4.69, 9.17) is 9.73 Å². The zero-order valence-electron chi connectivity index (χ0n) is 17.6. The lowest BCUT2D eigenvalue weighted by atomic mass is 10.2. The Labute approximate surface area is 172 Å². The maximum Gasteiger partial charge on any atom is 0.191 e. The second-order valence-electron chi connectivity index (χ2n) is 7.88. The number of aliphatic imine (C=N–C) groups is 1. The van der Waals surface area contributed by atoms with Crippen LogP contribution in [0.4, 0.5) is 14.5 Å². The molecule has 0 spiro atoms. The zero-order chi connectivity index (χ0) is 20.8. The van der Waals surface area contributed by atoms with Crippen LogP contribution in [0.25, 0.3) is 0 Å². The molecule has 3 rings (SSSR count). The molecule has 3 atom stereocenters. The summed E-state index contributed by atoms with van der Waals surface area (Å²) in [6.45, 7) is 11.4. The molecule has 0 saturated carbocycles. The number of nitrogens with zero attached hydrogens (tertiary/aromatic N) is 3. The van der Waals surface area contributed by atoms with Gasteiger partial charge in [-0.2, -0.15) is 0 Å². The third kappa shape index (κ3) is 5.57. The van der Waals surface area contributed by atoms with Crippen LogP contribution in [-0.4, -0.2) is 74.9 Å². The van der Waals surface area contributed by atoms with Crippen molar-refractivity contribution in [3.63, 3.8) is 0 Å². The van der Waals surface area contributed by atoms with Crippen LogP contribution in [0.1, 0.15) is 27.2 Å². The minimum absolute atomic E-state index is 0.0636. The molecular formula is C21H33F2N5O. The second kappa shape index (κ2) is 10.2. The summed E-state index contributed by atoms with van der Waals surface area (Å²) in [5, 5.41) is 6.72. The van der Waals surface area contributed by atoms with Crippen molar-refractivity contribution in [1.29, 1.82) is 0 Å². The van der Waals surface area contributed by atoms with E-state index in [1.807, 2.05) is 6.92 Å². The number of anilines is 1. The topological polar surface area (TPSA) is 52.1 Å². The molecule has 6 nitrogen and oxygen atoms in total. The molecule has 0 aliphatic carbocycles. The van der Waals surface area contributed by atoms with Crippen molar-refractivity contribution >= 4 is 11.6 Å². The van der Waals surface area contributed by atoms with Gasteiger partial charge in [0, 0.05) is 44.3 Å². The SMILES string of the molecule is CCNC(=NCC(C)N1CCOCC1C)NC1CCN(c2c(F)cccc2F)C1. The Morgan fingerprint density at radius 1 is 1.31 bits per heavy atom. The van der Waals surface area contributed by atoms with Crippen LogP contribution < -0.4 is 15.5 Å². The van der Waals surface area contributed by atoms with Crippen LogP contribution in [0, 0.1) is 11.6 Å². The number of rotatable bonds is 6. The molecule has 1 aromatic carbocycles. The maximum atomic E-state index is 14.1. The van der Waals surface area contributed by atoms with Gasteiger partial charge in [0.15, 0.2) is 5.96 Å². The molecule has 2 fully saturated rings. The predicted octanol–water partition coefficient (Wildman–Crippen LogP) is 2.21. The highest BCUT2D eigenvalue weighted by Gasteiger charge is 2.28. The Kier molecular flexibility index (Phi) is 7.66. The minimum Gasteiger partial charge on any atom is -0.379 e. The van der Waals surface area contributed by atoms with Crippen LogP contribution in [0.15, 0.2) is 23.2 Å². The number of ether oxygens (including phenoxy) is 1. The predicted molar refractivity (Wildman–Crippen MR) is 113 cm³/mol. The van der Waals surface area contributed by atoms with Crippen molar-refractivity contribution in [2.24, 2.45) is 4.99 Å². The summed E-state index contributed by atoms with van der Waals surface area (Å²) in [5.41, 5.74) is 0.0636. The Bertz CT molecular complexity index is 681. The number of morpholine rings is 1. The van der Waals surface area contributed by atoms with E-state index in [0.717, 1.165) is 38.7 Å². The molecule has 0 aromatic heterocycles. The number of benzene rings is 1. The van der Waals surface area contributed by atoms with E-state index in [-0.39, 0.29) is 11.7 Å². The first-order chi connectivity index (χ1) is 14.0. The quantitative estimate of drug-likeness (QED) is 0.557. The largest absolute Gasteiger partial charge is 0.379 e. The first-order valence-corrected chi connectivity index (χ1v) is 10.6. The van der Waals surface area contributed by atoms with Gasteiger partial charge in [0.1, 0.15) is 17.3 Å². The van der Waals surface area contributed by atoms with Crippen LogP contribution in [0.3, 0.4) is 0 Å². The molecule has 2 saturated heterocycles. The fourth-order valence-corrected chi connectivity index (χ4v) is 4.11. The first-order valence-electron chi connectivity index (χ1n) is 10.6. The van der Waals surface area contributed by atoms with Crippen molar-refractivity contribution in [1.82, 2.24) is 15.5 Å². The van der Waals surface area contributed by atoms with E-state index < -0.39 is 11.6 Å². The van der Waals surface area contributed by atoms with Gasteiger partial charge in [-0.25, -0.2) is 8.78 Å². The Morgan fingerprint density at radius 2 is 2.07 bits per heavy atom. The summed E-state index contributed by atoms with van der Waals surface area (Å²) in [6.07, 6.45) is 0.800. The Hall–Kier alpha value is -1.93. The Morgan fingerprint density at radius 3 is 2.76 bits per heavy atom. The standard InChI is InChI=1S/C21H33F2N5O/c1-4-24-21(25-12-15(2)28-10-11-29-14-16(28)3)26-17-8-9-27(13-17)20-18(22)6-5-7-19(20)23/h5-7,15-17H,4,8-14H2,1-3H3,(H2,24,25,26). The molecule has 2 heterocycles. The average Bonchev–Trinajstić information content (AvgIpc) is 3.14. The molecule has 2 N–H and O–H groups in total. The average molecular weight is 410 g/mol. The fraction of sp³-hybridized carbons (Fsp3) is 0.667. The third-order valence-electron chi connectivity index (χ3n) is 5.63. The van der Waals surface area contributed by atoms with Crippen LogP contribution >= 0.6 is 0 Å². The number of hydrogen-bond donors (Lipinski definition) is 2. The fourth-order valence-electron chi connectivity index (χ4n) is 4.11. The van der Waals surface area contributed by atoms with E-state index in [9.17, 15) is 8.78 Å². The van der Waals surface area contributed by atoms with Crippen molar-refractivity contribution in [3.05, 3.63) is 29.8 Å². The summed E-state index contributed by atoms with van der Waals surface area (Å²) in [6, 6.07) is 4.80. The van der Waals surface area contributed by atoms with Gasteiger partial charge in [0.05, 0.1) is 19.8 Å². The lowest BCUT2D eigenvalue weighted by Gasteiger charge is -2.37. The van der Waals surface area contributed by atoms with Gasteiger partial charge in [-0.3, -0.25) is 9.89 Å². The normalized spacial score (nSPS) is 24.6. The van der Waals surface area contributed by atoms with E-state index in [1.165, 1.54) is 18.2 Å². The van der Waals surface area contributed by atoms with E-state index in [2.05, 4.69) is 29.4 Å². The van der Waals surface area contributed by atoms with Crippen molar-refractivity contribution < 1.29 is 13.5 Å². The highest BCUT2D eigenvalue weighted by molar-refractivity contribution is 5.80. The molecule has 3 unspecified atom stereocenters. The van der Waals surface area contributed by atoms with E-state index in [1.54, 1.807) is 4.90 Å². The van der Waals surface area contributed by atoms with Gasteiger partial charge in [0.2, 0.25) is 0 Å². The summed E-state index contributed by atoms with van der Waals surface area (Å²) in [4.78, 5) is 8.96. The number of para-hydroxylation sites is 1. The number of hydrogen-bond acceptors (Lipinski definition) is 4. The molecule has 0 bridgehead atoms. The molecule has 29 heavy (non-hydrogen) atoms. The monoisotopic (exact) mass is 409 g/mol. The maximum absolute atomic E-state index is 14.1. The van der Waals surface area contributed by atoms with Gasteiger partial charge >= 0.3 is 0 Å². The molecule has 162 valence electrons. The third-order valence-corrected chi connectivity index (χ3v) is 5.63. The molecule has 1 aromatic rings. The summed E-state index contributed by atoms with van der Waals surface area (Å²) < 4.78 is 33.7. The Balaban J connectivity index is 1.58. The van der Waals surface area contributed by atoms with Crippen LogP contribution in [0.5, 0.6) is 0 Å². The lowest BCUT2D eigenvalue weighted by molar-refractivity contribution is -0.0165. The number of nitrogens with one attached hydrogen (secondary N) is 2. The molecular weight excluding hydrogens is 376 g/mol. The molecule has 2 aliphatic heterocycles. The minimum atomic E-state index is -0.514. The molecule has 0 amide bonds. The van der Waals surface area contributed by atoms with Gasteiger partial charge in [-0.15, -0.1) is 0 Å². The first kappa shape index (κ1) is 21.8. The smallest absolute Gasteiger partial charge is 0.191 e. The summed E-state index contributed by atoms with van der Waals surface area (Å²) in [5.74, 6) is -0.277. The second-order valence-corrected chi connectivity index (χ2v) is 7.88. The van der Waals surface area contributed by atoms with E-state index >= 15 is 0 Å². The van der Waals surface area contributed by atoms with E-state index in [0.29, 0.717) is 31.7 Å². The van der Waals surface area contributed by atoms with Gasteiger partial charge in [-0.1, -0.05) is 6.07 Å². The molecule has 2 aliphatic rings. The van der Waals surface area contributed by atoms with Gasteiger partial charge < -0.3 is 20.3 Å². The number of guanidine groups is 1. The van der Waals surface area contributed by atoms with Gasteiger partial charge in [0.25, 0.3) is 0 Å². The summed E-state index contributed by atoms with van der Waals surface area (Å²) >= 11 is 0. The summed E-state index contributed by atoms with van der Waals surface area (Å²) in [7, 11) is 0. The lowest BCUT2D eigenvalue weighted by Crippen LogP contribution is -2.50. The van der Waals surface area contributed by atoms with Crippen LogP contribution in [-0.2, 0) is 4.74 Å². The van der Waals surface area contributed by atoms with Crippen molar-refractivity contribution in [2.75, 3.05) is 50.8 Å². The molecule has 0 radical (unpaired) electrons. The van der Waals surface area contributed by atoms with Crippen LogP contribution in [0.2, 0.25) is 0 Å². The van der Waals surface area contributed by atoms with Crippen molar-refractivity contribution in [3.8, 4) is 0 Å². The highest BCUT2D eigenvalue weighted by atomic mass is 19.1. The number of halogens is 2. The zero-order valence-corrected chi connectivity index (χ0v) is 17.6. The highest BCUT2D eigenvalue weighted by Crippen LogP contribution is 2.26.